The monoisotopic (exact) mass is 769 g/mol. The Morgan fingerprint density at radius 2 is 0.732 bits per heavy atom. The zero-order chi connectivity index (χ0) is 40.7. The molecule has 0 saturated heterocycles. The van der Waals surface area contributed by atoms with Crippen LogP contribution in [0.3, 0.4) is 0 Å². The van der Waals surface area contributed by atoms with Crippen molar-refractivity contribution in [2.24, 2.45) is 0 Å². The van der Waals surface area contributed by atoms with E-state index < -0.39 is 6.10 Å². The highest BCUT2D eigenvalue weighted by molar-refractivity contribution is 5.70. The van der Waals surface area contributed by atoms with E-state index in [1.165, 1.54) is 0 Å². The number of esters is 2. The number of hydrogen-bond acceptors (Lipinski definition) is 5. The zero-order valence-electron chi connectivity index (χ0n) is 35.1. The third kappa shape index (κ3) is 42.5. The molecule has 0 amide bonds. The van der Waals surface area contributed by atoms with Gasteiger partial charge in [0.25, 0.3) is 0 Å². The van der Waals surface area contributed by atoms with Crippen molar-refractivity contribution in [3.05, 3.63) is 146 Å². The fraction of sp³-hybridized carbons (Fsp3) is 0.490. The summed E-state index contributed by atoms with van der Waals surface area (Å²) < 4.78 is 10.6. The third-order valence-electron chi connectivity index (χ3n) is 8.13. The van der Waals surface area contributed by atoms with Gasteiger partial charge >= 0.3 is 11.9 Å². The number of rotatable bonds is 36. The normalized spacial score (nSPS) is 13.7. The van der Waals surface area contributed by atoms with Crippen molar-refractivity contribution in [2.45, 2.75) is 148 Å². The molecule has 0 aliphatic carbocycles. The minimum atomic E-state index is -0.825. The number of carbonyl (C=O) groups is 2. The van der Waals surface area contributed by atoms with Crippen molar-refractivity contribution in [2.75, 3.05) is 13.2 Å². The van der Waals surface area contributed by atoms with Crippen LogP contribution in [0.4, 0.5) is 0 Å². The molecular weight excluding hydrogens is 693 g/mol. The fourth-order valence-corrected chi connectivity index (χ4v) is 4.98. The smallest absolute Gasteiger partial charge is 0.306 e. The molecule has 0 bridgehead atoms. The van der Waals surface area contributed by atoms with Gasteiger partial charge in [0.05, 0.1) is 6.61 Å². The Morgan fingerprint density at radius 1 is 0.411 bits per heavy atom. The Hall–Kier alpha value is -4.22. The first kappa shape index (κ1) is 51.8. The van der Waals surface area contributed by atoms with E-state index in [9.17, 15) is 14.7 Å². The first-order valence-corrected chi connectivity index (χ1v) is 21.4. The lowest BCUT2D eigenvalue weighted by Crippen LogP contribution is -2.28. The van der Waals surface area contributed by atoms with Gasteiger partial charge in [0, 0.05) is 12.8 Å². The average Bonchev–Trinajstić information content (AvgIpc) is 3.20. The minimum absolute atomic E-state index is 0.121. The predicted octanol–water partition coefficient (Wildman–Crippen LogP) is 13.9. The molecule has 56 heavy (non-hydrogen) atoms. The number of hydrogen-bond donors (Lipinski definition) is 1. The summed E-state index contributed by atoms with van der Waals surface area (Å²) in [5.41, 5.74) is 0. The van der Waals surface area contributed by atoms with Gasteiger partial charge in [-0.2, -0.15) is 0 Å². The van der Waals surface area contributed by atoms with Gasteiger partial charge < -0.3 is 14.6 Å². The van der Waals surface area contributed by atoms with Crippen LogP contribution < -0.4 is 0 Å². The number of aliphatic hydroxyl groups excluding tert-OH is 1. The molecule has 0 aromatic heterocycles. The summed E-state index contributed by atoms with van der Waals surface area (Å²) in [7, 11) is 0. The molecule has 1 atom stereocenters. The second kappa shape index (κ2) is 45.2. The second-order valence-corrected chi connectivity index (χ2v) is 13.3. The van der Waals surface area contributed by atoms with Crippen molar-refractivity contribution >= 4 is 11.9 Å². The Balaban J connectivity index is 3.78. The molecule has 0 heterocycles. The SMILES string of the molecule is CC/C=C\C/C=C\C/C=C\C/C=C\C/C=C\C/C=C\C/C=C\CCCCCC(=O)OC(CO)COC(=O)CCC/C=C\C/C=C\C/C=C\C/C=C\C/C=C\CC. The number of unbranched alkanes of at least 4 members (excludes halogenated alkanes) is 4. The van der Waals surface area contributed by atoms with Gasteiger partial charge in [-0.25, -0.2) is 0 Å². The van der Waals surface area contributed by atoms with Gasteiger partial charge in [-0.3, -0.25) is 9.59 Å². The maximum Gasteiger partial charge on any atom is 0.306 e. The van der Waals surface area contributed by atoms with E-state index >= 15 is 0 Å². The van der Waals surface area contributed by atoms with Crippen LogP contribution in [0, 0.1) is 0 Å². The summed E-state index contributed by atoms with van der Waals surface area (Å²) in [6.45, 7) is 3.80. The first-order chi connectivity index (χ1) is 27.6. The van der Waals surface area contributed by atoms with E-state index in [2.05, 4.69) is 160 Å². The molecule has 0 aliphatic rings. The summed E-state index contributed by atoms with van der Waals surface area (Å²) in [4.78, 5) is 24.3. The summed E-state index contributed by atoms with van der Waals surface area (Å²) in [6, 6.07) is 0. The largest absolute Gasteiger partial charge is 0.462 e. The fourth-order valence-electron chi connectivity index (χ4n) is 4.98. The molecular formula is C51H76O5. The zero-order valence-corrected chi connectivity index (χ0v) is 35.1. The van der Waals surface area contributed by atoms with Crippen LogP contribution in [-0.2, 0) is 19.1 Å². The predicted molar refractivity (Wildman–Crippen MR) is 241 cm³/mol. The molecule has 5 nitrogen and oxygen atoms in total. The minimum Gasteiger partial charge on any atom is -0.462 e. The first-order valence-electron chi connectivity index (χ1n) is 21.4. The molecule has 0 spiro atoms. The summed E-state index contributed by atoms with van der Waals surface area (Å²) in [5, 5.41) is 9.57. The quantitative estimate of drug-likeness (QED) is 0.0390. The van der Waals surface area contributed by atoms with Crippen molar-refractivity contribution in [1.29, 1.82) is 0 Å². The number of ether oxygens (including phenoxy) is 2. The lowest BCUT2D eigenvalue weighted by atomic mass is 10.1. The van der Waals surface area contributed by atoms with Gasteiger partial charge in [-0.05, 0) is 109 Å². The Kier molecular flexibility index (Phi) is 41.8. The van der Waals surface area contributed by atoms with E-state index in [0.29, 0.717) is 12.8 Å². The summed E-state index contributed by atoms with van der Waals surface area (Å²) in [6.07, 6.45) is 69.2. The Morgan fingerprint density at radius 3 is 1.09 bits per heavy atom. The van der Waals surface area contributed by atoms with Crippen LogP contribution in [0.1, 0.15) is 142 Å². The topological polar surface area (TPSA) is 72.8 Å². The van der Waals surface area contributed by atoms with Gasteiger partial charge in [-0.1, -0.05) is 166 Å². The lowest BCUT2D eigenvalue weighted by molar-refractivity contribution is -0.161. The molecule has 5 heteroatoms. The van der Waals surface area contributed by atoms with Crippen LogP contribution >= 0.6 is 0 Å². The van der Waals surface area contributed by atoms with Gasteiger partial charge in [0.2, 0.25) is 0 Å². The van der Waals surface area contributed by atoms with Gasteiger partial charge in [0.1, 0.15) is 6.61 Å². The molecule has 0 radical (unpaired) electrons. The summed E-state index contributed by atoms with van der Waals surface area (Å²) in [5.74, 6) is -0.715. The van der Waals surface area contributed by atoms with Crippen LogP contribution in [-0.4, -0.2) is 36.4 Å². The maximum atomic E-state index is 12.2. The van der Waals surface area contributed by atoms with Crippen molar-refractivity contribution < 1.29 is 24.2 Å². The van der Waals surface area contributed by atoms with Crippen LogP contribution in [0.15, 0.2) is 146 Å². The molecule has 1 N–H and O–H groups in total. The molecule has 0 aliphatic heterocycles. The van der Waals surface area contributed by atoms with Crippen LogP contribution in [0.5, 0.6) is 0 Å². The second-order valence-electron chi connectivity index (χ2n) is 13.3. The van der Waals surface area contributed by atoms with Crippen molar-refractivity contribution in [3.8, 4) is 0 Å². The maximum absolute atomic E-state index is 12.2. The number of aliphatic hydroxyl groups is 1. The van der Waals surface area contributed by atoms with E-state index in [-0.39, 0.29) is 31.6 Å². The van der Waals surface area contributed by atoms with Crippen molar-refractivity contribution in [1.82, 2.24) is 0 Å². The van der Waals surface area contributed by atoms with E-state index in [1.807, 2.05) is 0 Å². The average molecular weight is 769 g/mol. The molecule has 0 aromatic rings. The van der Waals surface area contributed by atoms with Crippen LogP contribution in [0.2, 0.25) is 0 Å². The number of carbonyl (C=O) groups excluding carboxylic acids is 2. The third-order valence-corrected chi connectivity index (χ3v) is 8.13. The molecule has 1 unspecified atom stereocenters. The van der Waals surface area contributed by atoms with Gasteiger partial charge in [0.15, 0.2) is 6.10 Å². The summed E-state index contributed by atoms with van der Waals surface area (Å²) >= 11 is 0. The molecule has 0 aromatic carbocycles. The van der Waals surface area contributed by atoms with E-state index in [1.54, 1.807) is 0 Å². The highest BCUT2D eigenvalue weighted by Crippen LogP contribution is 2.08. The highest BCUT2D eigenvalue weighted by Gasteiger charge is 2.15. The Labute approximate surface area is 342 Å². The van der Waals surface area contributed by atoms with Crippen LogP contribution in [0.25, 0.3) is 0 Å². The molecule has 0 saturated carbocycles. The Bertz CT molecular complexity index is 1280. The van der Waals surface area contributed by atoms with Crippen molar-refractivity contribution in [3.63, 3.8) is 0 Å². The van der Waals surface area contributed by atoms with E-state index in [0.717, 1.165) is 109 Å². The standard InChI is InChI=1S/C51H76O5/c1-3-5-7-9-11-13-15-17-19-21-22-23-24-25-26-27-28-30-32-34-36-38-40-42-44-46-51(54)56-49(47-52)48-55-50(53)45-43-41-39-37-35-33-31-29-20-18-16-14-12-10-8-6-4-2/h5-8,11-14,17-20,22-23,25-26,28,30-31,33-34,36-37,39,49,52H,3-4,9-10,15-16,21,24,27,29,32,35,38,40-48H2,1-2H3/b7-5-,8-6-,13-11-,14-12-,19-17-,20-18-,23-22-,26-25-,30-28-,33-31-,36-34-,39-37-. The highest BCUT2D eigenvalue weighted by atomic mass is 16.6. The molecule has 0 fully saturated rings. The number of allylic oxidation sites excluding steroid dienone is 24. The lowest BCUT2D eigenvalue weighted by Gasteiger charge is -2.15. The molecule has 310 valence electrons. The van der Waals surface area contributed by atoms with Gasteiger partial charge in [-0.15, -0.1) is 0 Å². The molecule has 0 rings (SSSR count). The van der Waals surface area contributed by atoms with E-state index in [4.69, 9.17) is 9.47 Å².